The van der Waals surface area contributed by atoms with Crippen LogP contribution in [0.1, 0.15) is 12.5 Å². The van der Waals surface area contributed by atoms with Crippen LogP contribution < -0.4 is 10.6 Å². The van der Waals surface area contributed by atoms with Crippen LogP contribution in [-0.2, 0) is 11.3 Å². The Morgan fingerprint density at radius 1 is 1.17 bits per heavy atom. The lowest BCUT2D eigenvalue weighted by Crippen LogP contribution is -2.38. The molecule has 2 aromatic carbocycles. The molecule has 0 bridgehead atoms. The summed E-state index contributed by atoms with van der Waals surface area (Å²) in [6.45, 7) is 1.90. The second kappa shape index (κ2) is 5.31. The molecular formula is C14H15N3O. The fourth-order valence-corrected chi connectivity index (χ4v) is 1.85. The maximum Gasteiger partial charge on any atom is 0.223 e. The van der Waals surface area contributed by atoms with E-state index in [1.165, 1.54) is 12.3 Å². The van der Waals surface area contributed by atoms with Crippen LogP contribution in [0.25, 0.3) is 10.8 Å². The molecule has 0 aliphatic carbocycles. The largest absolute Gasteiger partial charge is 0.352 e. The first-order valence-corrected chi connectivity index (χ1v) is 5.73. The predicted octanol–water partition coefficient (Wildman–Crippen LogP) is 2.00. The maximum atomic E-state index is 10.8. The number of rotatable bonds is 2. The number of nitrogens with one attached hydrogen (secondary N) is 3. The second-order valence-corrected chi connectivity index (χ2v) is 4.05. The lowest BCUT2D eigenvalue weighted by atomic mass is 10.0. The van der Waals surface area contributed by atoms with Crippen molar-refractivity contribution in [1.29, 1.82) is 5.41 Å². The van der Waals surface area contributed by atoms with Gasteiger partial charge in [-0.05, 0) is 16.3 Å². The molecule has 0 saturated carbocycles. The van der Waals surface area contributed by atoms with Crippen molar-refractivity contribution in [1.82, 2.24) is 10.6 Å². The first kappa shape index (κ1) is 12.1. The van der Waals surface area contributed by atoms with Gasteiger partial charge in [0.15, 0.2) is 5.96 Å². The van der Waals surface area contributed by atoms with Crippen LogP contribution in [0.2, 0.25) is 0 Å². The Hall–Kier alpha value is -2.36. The van der Waals surface area contributed by atoms with Gasteiger partial charge in [0.25, 0.3) is 0 Å². The Labute approximate surface area is 106 Å². The van der Waals surface area contributed by atoms with Crippen molar-refractivity contribution >= 4 is 22.6 Å². The molecule has 0 aliphatic rings. The van der Waals surface area contributed by atoms with Crippen molar-refractivity contribution in [2.24, 2.45) is 0 Å². The van der Waals surface area contributed by atoms with Gasteiger partial charge < -0.3 is 5.32 Å². The fourth-order valence-electron chi connectivity index (χ4n) is 1.85. The molecule has 0 saturated heterocycles. The summed E-state index contributed by atoms with van der Waals surface area (Å²) in [5.41, 5.74) is 1.10. The number of carbonyl (C=O) groups is 1. The summed E-state index contributed by atoms with van der Waals surface area (Å²) in [6.07, 6.45) is 0. The molecule has 0 unspecified atom stereocenters. The summed E-state index contributed by atoms with van der Waals surface area (Å²) in [4.78, 5) is 10.8. The van der Waals surface area contributed by atoms with E-state index in [-0.39, 0.29) is 11.9 Å². The van der Waals surface area contributed by atoms with Gasteiger partial charge in [-0.15, -0.1) is 0 Å². The summed E-state index contributed by atoms with van der Waals surface area (Å²) < 4.78 is 0. The molecule has 0 fully saturated rings. The first-order chi connectivity index (χ1) is 8.66. The van der Waals surface area contributed by atoms with Gasteiger partial charge in [0.05, 0.1) is 0 Å². The van der Waals surface area contributed by atoms with Crippen LogP contribution in [0.15, 0.2) is 42.5 Å². The van der Waals surface area contributed by atoms with Crippen LogP contribution in [0.3, 0.4) is 0 Å². The van der Waals surface area contributed by atoms with Crippen LogP contribution in [0.4, 0.5) is 0 Å². The molecule has 0 radical (unpaired) electrons. The molecule has 1 amide bonds. The van der Waals surface area contributed by atoms with E-state index in [0.717, 1.165) is 10.9 Å². The summed E-state index contributed by atoms with van der Waals surface area (Å²) in [5.74, 6) is -0.221. The zero-order valence-electron chi connectivity index (χ0n) is 10.2. The third kappa shape index (κ3) is 2.85. The van der Waals surface area contributed by atoms with E-state index in [2.05, 4.69) is 22.8 Å². The number of hydrogen-bond donors (Lipinski definition) is 3. The number of fused-ring (bicyclic) bond motifs is 1. The molecule has 92 valence electrons. The average Bonchev–Trinajstić information content (AvgIpc) is 2.35. The molecule has 4 nitrogen and oxygen atoms in total. The van der Waals surface area contributed by atoms with Gasteiger partial charge in [-0.25, -0.2) is 0 Å². The Kier molecular flexibility index (Phi) is 3.57. The number of hydrogen-bond acceptors (Lipinski definition) is 2. The second-order valence-electron chi connectivity index (χ2n) is 4.05. The minimum atomic E-state index is -0.245. The molecule has 0 aromatic heterocycles. The highest BCUT2D eigenvalue weighted by Crippen LogP contribution is 2.17. The van der Waals surface area contributed by atoms with Crippen LogP contribution in [-0.4, -0.2) is 11.9 Å². The number of benzene rings is 2. The van der Waals surface area contributed by atoms with Crippen LogP contribution in [0.5, 0.6) is 0 Å². The van der Waals surface area contributed by atoms with Gasteiger partial charge in [0.1, 0.15) is 0 Å². The zero-order valence-corrected chi connectivity index (χ0v) is 10.2. The molecule has 2 aromatic rings. The predicted molar refractivity (Wildman–Crippen MR) is 72.3 cm³/mol. The van der Waals surface area contributed by atoms with Crippen molar-refractivity contribution in [3.8, 4) is 0 Å². The molecule has 0 aliphatic heterocycles. The molecule has 18 heavy (non-hydrogen) atoms. The highest BCUT2D eigenvalue weighted by molar-refractivity contribution is 5.94. The normalized spacial score (nSPS) is 10.1. The highest BCUT2D eigenvalue weighted by atomic mass is 16.1. The maximum absolute atomic E-state index is 10.8. The average molecular weight is 241 g/mol. The van der Waals surface area contributed by atoms with E-state index in [4.69, 9.17) is 5.41 Å². The summed E-state index contributed by atoms with van der Waals surface area (Å²) >= 11 is 0. The van der Waals surface area contributed by atoms with Crippen LogP contribution in [0, 0.1) is 5.41 Å². The SMILES string of the molecule is CC(=O)NC(=N)NCc1cccc2ccccc12. The highest BCUT2D eigenvalue weighted by Gasteiger charge is 2.02. The van der Waals surface area contributed by atoms with Gasteiger partial charge in [-0.1, -0.05) is 42.5 Å². The molecular weight excluding hydrogens is 226 g/mol. The van der Waals surface area contributed by atoms with E-state index in [9.17, 15) is 4.79 Å². The minimum absolute atomic E-state index is 0.0236. The third-order valence-electron chi connectivity index (χ3n) is 2.64. The number of carbonyl (C=O) groups excluding carboxylic acids is 1. The van der Waals surface area contributed by atoms with E-state index >= 15 is 0 Å². The third-order valence-corrected chi connectivity index (χ3v) is 2.64. The van der Waals surface area contributed by atoms with Gasteiger partial charge in [0, 0.05) is 13.5 Å². The van der Waals surface area contributed by atoms with E-state index in [1.807, 2.05) is 30.3 Å². The van der Waals surface area contributed by atoms with Crippen LogP contribution >= 0.6 is 0 Å². The topological polar surface area (TPSA) is 65.0 Å². The van der Waals surface area contributed by atoms with Crippen molar-refractivity contribution in [3.63, 3.8) is 0 Å². The molecule has 0 spiro atoms. The summed E-state index contributed by atoms with van der Waals surface area (Å²) in [7, 11) is 0. The smallest absolute Gasteiger partial charge is 0.223 e. The van der Waals surface area contributed by atoms with Gasteiger partial charge in [-0.3, -0.25) is 15.5 Å². The molecule has 2 rings (SSSR count). The number of amides is 1. The standard InChI is InChI=1S/C14H15N3O/c1-10(18)17-14(15)16-9-12-7-4-6-11-5-2-3-8-13(11)12/h2-8H,9H2,1H3,(H3,15,16,17,18). The van der Waals surface area contributed by atoms with E-state index in [0.29, 0.717) is 6.54 Å². The molecule has 4 heteroatoms. The van der Waals surface area contributed by atoms with Crippen molar-refractivity contribution < 1.29 is 4.79 Å². The number of guanidine groups is 1. The monoisotopic (exact) mass is 241 g/mol. The Morgan fingerprint density at radius 3 is 2.67 bits per heavy atom. The summed E-state index contributed by atoms with van der Waals surface area (Å²) in [6, 6.07) is 14.1. The van der Waals surface area contributed by atoms with E-state index < -0.39 is 0 Å². The minimum Gasteiger partial charge on any atom is -0.352 e. The van der Waals surface area contributed by atoms with Gasteiger partial charge >= 0.3 is 0 Å². The zero-order chi connectivity index (χ0) is 13.0. The van der Waals surface area contributed by atoms with Gasteiger partial charge in [-0.2, -0.15) is 0 Å². The molecule has 0 atom stereocenters. The lowest BCUT2D eigenvalue weighted by molar-refractivity contribution is -0.117. The van der Waals surface area contributed by atoms with E-state index in [1.54, 1.807) is 0 Å². The Morgan fingerprint density at radius 2 is 1.89 bits per heavy atom. The van der Waals surface area contributed by atoms with Crippen molar-refractivity contribution in [2.45, 2.75) is 13.5 Å². The quantitative estimate of drug-likeness (QED) is 0.556. The fraction of sp³-hybridized carbons (Fsp3) is 0.143. The Balaban J connectivity index is 2.12. The molecule has 3 N–H and O–H groups in total. The molecule has 0 heterocycles. The van der Waals surface area contributed by atoms with Gasteiger partial charge in [0.2, 0.25) is 5.91 Å². The first-order valence-electron chi connectivity index (χ1n) is 5.73. The Bertz CT molecular complexity index is 587. The van der Waals surface area contributed by atoms with Crippen molar-refractivity contribution in [2.75, 3.05) is 0 Å². The summed E-state index contributed by atoms with van der Waals surface area (Å²) in [5, 5.41) is 15.1. The van der Waals surface area contributed by atoms with Crippen molar-refractivity contribution in [3.05, 3.63) is 48.0 Å². The lowest BCUT2D eigenvalue weighted by Gasteiger charge is -2.10.